The van der Waals surface area contributed by atoms with Gasteiger partial charge in [0.1, 0.15) is 12.0 Å². The van der Waals surface area contributed by atoms with E-state index in [0.29, 0.717) is 16.8 Å². The van der Waals surface area contributed by atoms with Gasteiger partial charge in [0.25, 0.3) is 5.91 Å². The van der Waals surface area contributed by atoms with E-state index in [4.69, 9.17) is 16.1 Å². The summed E-state index contributed by atoms with van der Waals surface area (Å²) in [6.07, 6.45) is 0.911. The van der Waals surface area contributed by atoms with E-state index in [1.807, 2.05) is 56.3 Å². The van der Waals surface area contributed by atoms with Gasteiger partial charge in [-0.2, -0.15) is 0 Å². The Labute approximate surface area is 214 Å². The second-order valence-corrected chi connectivity index (χ2v) is 10.5. The first-order valence-corrected chi connectivity index (χ1v) is 12.8. The summed E-state index contributed by atoms with van der Waals surface area (Å²) in [7, 11) is 0. The monoisotopic (exact) mass is 503 g/mol. The van der Waals surface area contributed by atoms with Crippen LogP contribution < -0.4 is 16.4 Å². The van der Waals surface area contributed by atoms with E-state index in [1.165, 1.54) is 6.21 Å². The molecule has 0 spiro atoms. The number of ether oxygens (including phenoxy) is 1. The second-order valence-electron chi connectivity index (χ2n) is 9.45. The summed E-state index contributed by atoms with van der Waals surface area (Å²) in [4.78, 5) is 22.4. The van der Waals surface area contributed by atoms with Crippen LogP contribution in [0, 0.1) is 5.41 Å². The normalized spacial score (nSPS) is 17.6. The van der Waals surface area contributed by atoms with Crippen molar-refractivity contribution in [1.29, 1.82) is 5.41 Å². The number of amidine groups is 1. The number of hydrogen-bond donors (Lipinski definition) is 4. The molecule has 1 unspecified atom stereocenters. The smallest absolute Gasteiger partial charge is 0.251 e. The van der Waals surface area contributed by atoms with Crippen molar-refractivity contribution < 1.29 is 9.53 Å². The summed E-state index contributed by atoms with van der Waals surface area (Å²) in [5.41, 5.74) is 9.26. The van der Waals surface area contributed by atoms with E-state index in [-0.39, 0.29) is 12.1 Å². The van der Waals surface area contributed by atoms with Gasteiger partial charge in [0.15, 0.2) is 13.2 Å². The minimum Gasteiger partial charge on any atom is -0.431 e. The SMILES string of the molecule is CC(C)(NC(=O)c1ccccc1)c1cc2c(s1)C(N1CC[OH+]CC1)=NC(c1cccc(N)c1C=N)N2. The van der Waals surface area contributed by atoms with Gasteiger partial charge in [-0.05, 0) is 38.1 Å². The van der Waals surface area contributed by atoms with Crippen LogP contribution in [0.15, 0.2) is 59.6 Å². The zero-order valence-electron chi connectivity index (χ0n) is 20.4. The summed E-state index contributed by atoms with van der Waals surface area (Å²) in [6.45, 7) is 7.19. The summed E-state index contributed by atoms with van der Waals surface area (Å²) in [5, 5.41) is 14.7. The fourth-order valence-corrected chi connectivity index (χ4v) is 5.74. The fraction of sp³-hybridized carbons (Fsp3) is 0.296. The number of fused-ring (bicyclic) bond motifs is 1. The number of benzene rings is 2. The van der Waals surface area contributed by atoms with Crippen molar-refractivity contribution in [3.05, 3.63) is 81.0 Å². The van der Waals surface area contributed by atoms with E-state index >= 15 is 0 Å². The van der Waals surface area contributed by atoms with Crippen LogP contribution in [0.1, 0.15) is 51.3 Å². The first-order valence-electron chi connectivity index (χ1n) is 12.0. The Morgan fingerprint density at radius 1 is 1.22 bits per heavy atom. The molecule has 2 aliphatic heterocycles. The molecule has 3 heterocycles. The zero-order valence-corrected chi connectivity index (χ0v) is 21.2. The molecular formula is C27H31N6O2S+. The van der Waals surface area contributed by atoms with Crippen LogP contribution in [-0.4, -0.2) is 53.9 Å². The Morgan fingerprint density at radius 2 is 1.97 bits per heavy atom. The van der Waals surface area contributed by atoms with E-state index < -0.39 is 5.54 Å². The molecule has 1 aromatic heterocycles. The maximum atomic E-state index is 12.9. The van der Waals surface area contributed by atoms with Gasteiger partial charge in [-0.1, -0.05) is 30.3 Å². The van der Waals surface area contributed by atoms with Gasteiger partial charge in [0, 0.05) is 33.5 Å². The second kappa shape index (κ2) is 9.75. The maximum Gasteiger partial charge on any atom is 0.251 e. The number of rotatable bonds is 5. The lowest BCUT2D eigenvalue weighted by Gasteiger charge is -2.32. The van der Waals surface area contributed by atoms with Gasteiger partial charge < -0.3 is 31.4 Å². The van der Waals surface area contributed by atoms with Crippen molar-refractivity contribution in [2.45, 2.75) is 25.6 Å². The number of aliphatic hydroxyl groups is 2. The van der Waals surface area contributed by atoms with Crippen molar-refractivity contribution in [3.8, 4) is 0 Å². The number of anilines is 2. The highest BCUT2D eigenvalue weighted by Crippen LogP contribution is 2.41. The van der Waals surface area contributed by atoms with Crippen LogP contribution in [0.5, 0.6) is 0 Å². The number of nitrogens with one attached hydrogen (secondary N) is 3. The van der Waals surface area contributed by atoms with Crippen molar-refractivity contribution in [1.82, 2.24) is 10.2 Å². The minimum absolute atomic E-state index is 0.111. The zero-order chi connectivity index (χ0) is 25.3. The molecule has 36 heavy (non-hydrogen) atoms. The van der Waals surface area contributed by atoms with Gasteiger partial charge in [0.2, 0.25) is 0 Å². The number of aliphatic imine (C=N–C) groups is 1. The topological polar surface area (TPSA) is 119 Å². The average molecular weight is 504 g/mol. The highest BCUT2D eigenvalue weighted by molar-refractivity contribution is 7.15. The third-order valence-corrected chi connectivity index (χ3v) is 7.98. The van der Waals surface area contributed by atoms with E-state index in [2.05, 4.69) is 26.3 Å². The Balaban J connectivity index is 1.51. The molecule has 1 atom stereocenters. The third kappa shape index (κ3) is 4.59. The highest BCUT2D eigenvalue weighted by atomic mass is 32.1. The van der Waals surface area contributed by atoms with Crippen LogP contribution in [0.4, 0.5) is 11.4 Å². The van der Waals surface area contributed by atoms with Crippen LogP contribution in [-0.2, 0) is 5.54 Å². The predicted molar refractivity (Wildman–Crippen MR) is 146 cm³/mol. The van der Waals surface area contributed by atoms with E-state index in [9.17, 15) is 4.79 Å². The molecule has 6 N–H and O–H groups in total. The summed E-state index contributed by atoms with van der Waals surface area (Å²) in [5.74, 6) is 0.808. The number of carbonyl (C=O) groups is 1. The van der Waals surface area contributed by atoms with Crippen LogP contribution in [0.3, 0.4) is 0 Å². The lowest BCUT2D eigenvalue weighted by Crippen LogP contribution is -2.43. The number of nitrogen functional groups attached to an aromatic ring is 1. The maximum absolute atomic E-state index is 12.9. The first kappa shape index (κ1) is 24.0. The molecule has 5 rings (SSSR count). The summed E-state index contributed by atoms with van der Waals surface area (Å²) in [6, 6.07) is 17.0. The molecule has 0 aliphatic carbocycles. The molecule has 2 aliphatic rings. The molecular weight excluding hydrogens is 472 g/mol. The number of nitrogens with zero attached hydrogens (tertiary/aromatic N) is 2. The van der Waals surface area contributed by atoms with Gasteiger partial charge in [-0.15, -0.1) is 11.3 Å². The van der Waals surface area contributed by atoms with Crippen LogP contribution >= 0.6 is 11.3 Å². The number of hydrogen-bond acceptors (Lipinski definition) is 7. The Bertz CT molecular complexity index is 1310. The van der Waals surface area contributed by atoms with Gasteiger partial charge in [-0.3, -0.25) is 4.79 Å². The highest BCUT2D eigenvalue weighted by Gasteiger charge is 2.34. The molecule has 1 fully saturated rings. The number of amides is 1. The van der Waals surface area contributed by atoms with E-state index in [0.717, 1.165) is 53.1 Å². The molecule has 0 bridgehead atoms. The van der Waals surface area contributed by atoms with Crippen molar-refractivity contribution >= 4 is 40.7 Å². The lowest BCUT2D eigenvalue weighted by atomic mass is 10.0. The Kier molecular flexibility index (Phi) is 6.51. The molecule has 0 radical (unpaired) electrons. The van der Waals surface area contributed by atoms with Crippen molar-refractivity contribution in [2.24, 2.45) is 4.99 Å². The van der Waals surface area contributed by atoms with Crippen LogP contribution in [0.25, 0.3) is 0 Å². The predicted octanol–water partition coefficient (Wildman–Crippen LogP) is 3.71. The molecule has 1 saturated heterocycles. The van der Waals surface area contributed by atoms with Crippen molar-refractivity contribution in [3.63, 3.8) is 0 Å². The molecule has 0 saturated carbocycles. The Morgan fingerprint density at radius 3 is 2.69 bits per heavy atom. The number of nitrogens with two attached hydrogens (primary N) is 1. The molecule has 3 aromatic rings. The molecule has 186 valence electrons. The number of carbonyl (C=O) groups excluding carboxylic acids is 1. The molecule has 2 aromatic carbocycles. The van der Waals surface area contributed by atoms with Gasteiger partial charge in [0.05, 0.1) is 29.2 Å². The third-order valence-electron chi connectivity index (χ3n) is 6.52. The first-order chi connectivity index (χ1) is 17.4. The molecule has 8 nitrogen and oxygen atoms in total. The standard InChI is InChI=1S/C27H30N6O2S/c1-27(2,32-26(34)17-7-4-3-5-8-17)22-15-21-23(36-22)25(33-11-13-35-14-12-33)31-24(30-21)18-9-6-10-20(29)19(18)16-28/h3-10,15-16,24,28,30H,11-14,29H2,1-2H3,(H,32,34)/p+1. The van der Waals surface area contributed by atoms with Crippen LogP contribution in [0.2, 0.25) is 0 Å². The quantitative estimate of drug-likeness (QED) is 0.241. The summed E-state index contributed by atoms with van der Waals surface area (Å²) >= 11 is 1.64. The van der Waals surface area contributed by atoms with Crippen molar-refractivity contribution in [2.75, 3.05) is 37.4 Å². The molecule has 1 amide bonds. The van der Waals surface area contributed by atoms with E-state index in [1.54, 1.807) is 17.4 Å². The average Bonchev–Trinajstić information content (AvgIpc) is 3.34. The fourth-order valence-electron chi connectivity index (χ4n) is 4.54. The Hall–Kier alpha value is -3.69. The number of thiophene rings is 1. The van der Waals surface area contributed by atoms with Gasteiger partial charge in [-0.25, -0.2) is 4.99 Å². The lowest BCUT2D eigenvalue weighted by molar-refractivity contribution is -0.0754. The molecule has 9 heteroatoms. The number of morpholine rings is 1. The minimum atomic E-state index is -0.592. The largest absolute Gasteiger partial charge is 0.431 e. The summed E-state index contributed by atoms with van der Waals surface area (Å²) < 4.78 is 4.50. The van der Waals surface area contributed by atoms with Gasteiger partial charge >= 0.3 is 0 Å².